The molecule has 0 radical (unpaired) electrons. The maximum absolute atomic E-state index is 13.3. The number of hydrogen-bond donors (Lipinski definition) is 1. The maximum atomic E-state index is 13.3. The molecule has 0 aromatic heterocycles. The van der Waals surface area contributed by atoms with Gasteiger partial charge in [-0.05, 0) is 24.0 Å². The molecule has 18 heavy (non-hydrogen) atoms. The van der Waals surface area contributed by atoms with E-state index in [0.717, 1.165) is 18.9 Å². The Bertz CT molecular complexity index is 415. The summed E-state index contributed by atoms with van der Waals surface area (Å²) in [6.45, 7) is 0. The summed E-state index contributed by atoms with van der Waals surface area (Å²) in [5.74, 6) is -0.851. The topological polar surface area (TPSA) is 26.0 Å². The monoisotopic (exact) mass is 283 g/mol. The van der Waals surface area contributed by atoms with Crippen molar-refractivity contribution in [3.05, 3.63) is 35.1 Å². The Kier molecular flexibility index (Phi) is 4.61. The minimum Gasteiger partial charge on any atom is -0.324 e. The zero-order valence-electron chi connectivity index (χ0n) is 9.51. The van der Waals surface area contributed by atoms with Gasteiger partial charge in [-0.2, -0.15) is 13.2 Å². The van der Waals surface area contributed by atoms with Gasteiger partial charge in [-0.3, -0.25) is 0 Å². The lowest BCUT2D eigenvalue weighted by atomic mass is 9.96. The second-order valence-corrected chi connectivity index (χ2v) is 4.49. The Labute approximate surface area is 109 Å². The number of halogens is 5. The van der Waals surface area contributed by atoms with Crippen molar-refractivity contribution in [3.63, 3.8) is 0 Å². The molecule has 1 aromatic carbocycles. The largest absolute Gasteiger partial charge is 0.419 e. The van der Waals surface area contributed by atoms with Crippen LogP contribution in [0.2, 0.25) is 0 Å². The fourth-order valence-corrected chi connectivity index (χ4v) is 1.99. The van der Waals surface area contributed by atoms with Crippen LogP contribution in [0.25, 0.3) is 0 Å². The highest BCUT2D eigenvalue weighted by Crippen LogP contribution is 2.41. The Morgan fingerprint density at radius 1 is 1.28 bits per heavy atom. The second kappa shape index (κ2) is 5.45. The first kappa shape index (κ1) is 15.2. The van der Waals surface area contributed by atoms with Crippen molar-refractivity contribution in [2.45, 2.75) is 31.5 Å². The fraction of sp³-hybridized carbons (Fsp3) is 0.500. The molecule has 0 aliphatic heterocycles. The van der Waals surface area contributed by atoms with Crippen LogP contribution in [0, 0.1) is 11.7 Å². The van der Waals surface area contributed by atoms with Gasteiger partial charge in [0.25, 0.3) is 0 Å². The van der Waals surface area contributed by atoms with Gasteiger partial charge in [0.15, 0.2) is 0 Å². The van der Waals surface area contributed by atoms with Gasteiger partial charge in [-0.15, -0.1) is 12.4 Å². The lowest BCUT2D eigenvalue weighted by molar-refractivity contribution is -0.140. The third-order valence-corrected chi connectivity index (χ3v) is 3.01. The highest BCUT2D eigenvalue weighted by Gasteiger charge is 2.38. The summed E-state index contributed by atoms with van der Waals surface area (Å²) in [5, 5.41) is 0. The van der Waals surface area contributed by atoms with Crippen LogP contribution in [-0.2, 0) is 6.18 Å². The smallest absolute Gasteiger partial charge is 0.324 e. The lowest BCUT2D eigenvalue weighted by Gasteiger charge is -2.18. The number of alkyl halides is 3. The van der Waals surface area contributed by atoms with Crippen LogP contribution in [0.3, 0.4) is 0 Å². The molecule has 2 rings (SSSR count). The summed E-state index contributed by atoms with van der Waals surface area (Å²) in [5.41, 5.74) is 4.39. The Morgan fingerprint density at radius 2 is 1.89 bits per heavy atom. The minimum absolute atomic E-state index is 0. The zero-order chi connectivity index (χ0) is 12.6. The molecule has 1 aliphatic carbocycles. The van der Waals surface area contributed by atoms with Crippen molar-refractivity contribution in [1.29, 1.82) is 0 Å². The van der Waals surface area contributed by atoms with Crippen LogP contribution in [0.1, 0.15) is 36.4 Å². The van der Waals surface area contributed by atoms with E-state index in [4.69, 9.17) is 5.73 Å². The van der Waals surface area contributed by atoms with Crippen LogP contribution in [0.15, 0.2) is 18.2 Å². The normalized spacial score (nSPS) is 17.2. The molecule has 0 amide bonds. The molecule has 102 valence electrons. The van der Waals surface area contributed by atoms with E-state index in [2.05, 4.69) is 0 Å². The molecule has 0 unspecified atom stereocenters. The van der Waals surface area contributed by atoms with Gasteiger partial charge in [0.05, 0.1) is 5.56 Å². The van der Waals surface area contributed by atoms with E-state index in [1.807, 2.05) is 0 Å². The van der Waals surface area contributed by atoms with Crippen molar-refractivity contribution in [2.24, 2.45) is 11.7 Å². The third kappa shape index (κ3) is 3.36. The van der Waals surface area contributed by atoms with Crippen molar-refractivity contribution in [3.8, 4) is 0 Å². The summed E-state index contributed by atoms with van der Waals surface area (Å²) in [4.78, 5) is 0. The van der Waals surface area contributed by atoms with E-state index in [0.29, 0.717) is 12.3 Å². The third-order valence-electron chi connectivity index (χ3n) is 3.01. The highest BCUT2D eigenvalue weighted by atomic mass is 35.5. The van der Waals surface area contributed by atoms with Crippen LogP contribution in [-0.4, -0.2) is 0 Å². The van der Waals surface area contributed by atoms with Crippen molar-refractivity contribution in [1.82, 2.24) is 0 Å². The predicted molar refractivity (Wildman–Crippen MR) is 62.9 cm³/mol. The predicted octanol–water partition coefficient (Wildman–Crippen LogP) is 4.07. The quantitative estimate of drug-likeness (QED) is 0.832. The molecular weight excluding hydrogens is 270 g/mol. The lowest BCUT2D eigenvalue weighted by Crippen LogP contribution is -2.19. The van der Waals surface area contributed by atoms with Crippen LogP contribution in [0.5, 0.6) is 0 Å². The molecular formula is C12H14ClF4N. The molecule has 0 saturated heterocycles. The molecule has 0 spiro atoms. The van der Waals surface area contributed by atoms with E-state index in [1.165, 1.54) is 12.1 Å². The van der Waals surface area contributed by atoms with Gasteiger partial charge in [0, 0.05) is 6.04 Å². The zero-order valence-corrected chi connectivity index (χ0v) is 10.3. The van der Waals surface area contributed by atoms with Gasteiger partial charge < -0.3 is 5.73 Å². The summed E-state index contributed by atoms with van der Waals surface area (Å²) in [6, 6.07) is 2.61. The van der Waals surface area contributed by atoms with Gasteiger partial charge in [-0.1, -0.05) is 25.0 Å². The average Bonchev–Trinajstić information content (AvgIpc) is 2.99. The second-order valence-electron chi connectivity index (χ2n) is 4.49. The van der Waals surface area contributed by atoms with E-state index < -0.39 is 23.6 Å². The fourth-order valence-electron chi connectivity index (χ4n) is 1.99. The first-order valence-electron chi connectivity index (χ1n) is 5.50. The van der Waals surface area contributed by atoms with Crippen LogP contribution < -0.4 is 5.73 Å². The van der Waals surface area contributed by atoms with Crippen molar-refractivity contribution < 1.29 is 17.6 Å². The minimum atomic E-state index is -4.69. The summed E-state index contributed by atoms with van der Waals surface area (Å²) >= 11 is 0. The number of nitrogens with two attached hydrogens (primary N) is 1. The molecule has 1 saturated carbocycles. The highest BCUT2D eigenvalue weighted by molar-refractivity contribution is 5.85. The molecule has 0 heterocycles. The Morgan fingerprint density at radius 3 is 2.39 bits per heavy atom. The molecule has 1 aliphatic rings. The summed E-state index contributed by atoms with van der Waals surface area (Å²) < 4.78 is 51.5. The average molecular weight is 284 g/mol. The van der Waals surface area contributed by atoms with Gasteiger partial charge in [-0.25, -0.2) is 4.39 Å². The first-order valence-corrected chi connectivity index (χ1v) is 5.50. The van der Waals surface area contributed by atoms with Gasteiger partial charge in [0.2, 0.25) is 0 Å². The molecule has 1 fully saturated rings. The molecule has 2 N–H and O–H groups in total. The van der Waals surface area contributed by atoms with Crippen molar-refractivity contribution >= 4 is 12.4 Å². The van der Waals surface area contributed by atoms with Gasteiger partial charge >= 0.3 is 6.18 Å². The number of benzene rings is 1. The van der Waals surface area contributed by atoms with E-state index in [1.54, 1.807) is 0 Å². The summed E-state index contributed by atoms with van der Waals surface area (Å²) in [6.07, 6.45) is -2.19. The van der Waals surface area contributed by atoms with Crippen molar-refractivity contribution in [2.75, 3.05) is 0 Å². The van der Waals surface area contributed by atoms with Crippen LogP contribution in [0.4, 0.5) is 17.6 Å². The first-order chi connectivity index (χ1) is 7.89. The Balaban J connectivity index is 0.00000162. The molecule has 0 bridgehead atoms. The molecule has 1 nitrogen and oxygen atoms in total. The molecule has 1 aromatic rings. The Hall–Kier alpha value is -0.810. The van der Waals surface area contributed by atoms with E-state index >= 15 is 0 Å². The number of rotatable bonds is 3. The number of hydrogen-bond acceptors (Lipinski definition) is 1. The van der Waals surface area contributed by atoms with E-state index in [9.17, 15) is 17.6 Å². The standard InChI is InChI=1S/C12H13F4N.ClH/c13-9-3-1-2-8(11(9)12(14,15)16)10(17)6-7-4-5-7;/h1-3,7,10H,4-6,17H2;1H/t10-;/m0./s1. The molecule has 6 heteroatoms. The van der Waals surface area contributed by atoms with E-state index in [-0.39, 0.29) is 18.0 Å². The SMILES string of the molecule is Cl.N[C@@H](CC1CC1)c1cccc(F)c1C(F)(F)F. The maximum Gasteiger partial charge on any atom is 0.419 e. The molecule has 1 atom stereocenters. The summed E-state index contributed by atoms with van der Waals surface area (Å²) in [7, 11) is 0. The van der Waals surface area contributed by atoms with Gasteiger partial charge in [0.1, 0.15) is 5.82 Å². The van der Waals surface area contributed by atoms with Crippen LogP contribution >= 0.6 is 12.4 Å².